The van der Waals surface area contributed by atoms with Crippen LogP contribution in [0.2, 0.25) is 0 Å². The molecule has 0 heterocycles. The van der Waals surface area contributed by atoms with Gasteiger partial charge in [-0.05, 0) is 25.0 Å². The van der Waals surface area contributed by atoms with Crippen LogP contribution in [0.25, 0.3) is 0 Å². The molecule has 0 saturated heterocycles. The third kappa shape index (κ3) is 8.19. The molecule has 0 amide bonds. The van der Waals surface area contributed by atoms with E-state index in [9.17, 15) is 10.2 Å². The fourth-order valence-corrected chi connectivity index (χ4v) is 1.55. The Labute approximate surface area is 148 Å². The van der Waals surface area contributed by atoms with E-state index >= 15 is 0 Å². The maximum Gasteiger partial charge on any atom is 2.00 e. The first kappa shape index (κ1) is 20.9. The molecule has 0 aliphatic heterocycles. The molecule has 23 heavy (non-hydrogen) atoms. The average molecular weight is 360 g/mol. The molecule has 0 aliphatic rings. The van der Waals surface area contributed by atoms with Crippen molar-refractivity contribution in [3.63, 3.8) is 0 Å². The van der Waals surface area contributed by atoms with E-state index < -0.39 is 0 Å². The predicted octanol–water partition coefficient (Wildman–Crippen LogP) is 2.40. The zero-order chi connectivity index (χ0) is 16.2. The minimum absolute atomic E-state index is 0. The molecule has 0 atom stereocenters. The van der Waals surface area contributed by atoms with Crippen LogP contribution in [0.4, 0.5) is 0 Å². The largest absolute Gasteiger partial charge is 2.00 e. The Hall–Kier alpha value is -2.10. The van der Waals surface area contributed by atoms with Crippen LogP contribution >= 0.6 is 0 Å². The van der Waals surface area contributed by atoms with E-state index in [4.69, 9.17) is 0 Å². The molecule has 125 valence electrons. The molecule has 0 aliphatic carbocycles. The fourth-order valence-electron chi connectivity index (χ4n) is 1.55. The van der Waals surface area contributed by atoms with Gasteiger partial charge in [-0.3, -0.25) is 9.98 Å². The van der Waals surface area contributed by atoms with E-state index in [0.717, 1.165) is 0 Å². The van der Waals surface area contributed by atoms with Crippen LogP contribution in [-0.4, -0.2) is 25.5 Å². The van der Waals surface area contributed by atoms with Gasteiger partial charge in [0.2, 0.25) is 0 Å². The average Bonchev–Trinajstić information content (AvgIpc) is 2.54. The van der Waals surface area contributed by atoms with Crippen molar-refractivity contribution in [2.24, 2.45) is 9.98 Å². The molecule has 1 radical (unpaired) electrons. The molecule has 0 aromatic heterocycles. The molecule has 0 saturated carbocycles. The van der Waals surface area contributed by atoms with Gasteiger partial charge >= 0.3 is 17.1 Å². The molecule has 2 rings (SSSR count). The van der Waals surface area contributed by atoms with Gasteiger partial charge in [0.1, 0.15) is 0 Å². The summed E-state index contributed by atoms with van der Waals surface area (Å²) in [5, 5.41) is 22.1. The number of aliphatic imine (C=N–C) groups is 2. The summed E-state index contributed by atoms with van der Waals surface area (Å²) in [5.41, 5.74) is 1.32. The van der Waals surface area contributed by atoms with Crippen LogP contribution in [-0.2, 0) is 17.1 Å². The van der Waals surface area contributed by atoms with Crippen molar-refractivity contribution in [3.8, 4) is 11.5 Å². The smallest absolute Gasteiger partial charge is 0.872 e. The summed E-state index contributed by atoms with van der Waals surface area (Å²) in [6, 6.07) is 13.7. The van der Waals surface area contributed by atoms with Gasteiger partial charge in [-0.1, -0.05) is 48.5 Å². The monoisotopic (exact) mass is 359 g/mol. The van der Waals surface area contributed by atoms with E-state index in [1.165, 1.54) is 12.1 Å². The van der Waals surface area contributed by atoms with Gasteiger partial charge in [0.25, 0.3) is 0 Å². The Morgan fingerprint density at radius 1 is 0.739 bits per heavy atom. The molecule has 0 unspecified atom stereocenters. The Morgan fingerprint density at radius 2 is 1.09 bits per heavy atom. The van der Waals surface area contributed by atoms with Gasteiger partial charge in [-0.2, -0.15) is 0 Å². The van der Waals surface area contributed by atoms with E-state index in [1.807, 2.05) is 26.0 Å². The summed E-state index contributed by atoms with van der Waals surface area (Å²) >= 11 is 0. The first-order valence-electron chi connectivity index (χ1n) is 7.20. The fraction of sp³-hybridized carbons (Fsp3) is 0.222. The van der Waals surface area contributed by atoms with Crippen molar-refractivity contribution >= 4 is 12.4 Å². The SMILES string of the molecule is CCN=Cc1ccccc1[O-].CCN=Cc1ccccc1[O-].[Cu+2]. The van der Waals surface area contributed by atoms with Crippen molar-refractivity contribution in [2.75, 3.05) is 13.1 Å². The van der Waals surface area contributed by atoms with E-state index in [1.54, 1.807) is 36.7 Å². The van der Waals surface area contributed by atoms with E-state index in [2.05, 4.69) is 9.98 Å². The van der Waals surface area contributed by atoms with Crippen molar-refractivity contribution < 1.29 is 27.3 Å². The van der Waals surface area contributed by atoms with Crippen LogP contribution in [0.5, 0.6) is 11.5 Å². The Balaban J connectivity index is 0.000000403. The quantitative estimate of drug-likeness (QED) is 0.621. The third-order valence-electron chi connectivity index (χ3n) is 2.66. The summed E-state index contributed by atoms with van der Waals surface area (Å²) < 4.78 is 0. The van der Waals surface area contributed by atoms with Crippen molar-refractivity contribution in [2.45, 2.75) is 13.8 Å². The van der Waals surface area contributed by atoms with E-state index in [0.29, 0.717) is 24.2 Å². The number of para-hydroxylation sites is 2. The van der Waals surface area contributed by atoms with Crippen LogP contribution in [0.1, 0.15) is 25.0 Å². The second-order valence-corrected chi connectivity index (χ2v) is 4.33. The standard InChI is InChI=1S/2C9H11NO.Cu/c2*1-2-10-7-8-5-3-4-6-9(8)11;/h2*3-7,11H,2H2,1H3;/q;;+2/p-2. The first-order chi connectivity index (χ1) is 10.7. The second kappa shape index (κ2) is 12.4. The molecular formula is C18H20CuN2O2. The van der Waals surface area contributed by atoms with Gasteiger partial charge in [0, 0.05) is 25.5 Å². The number of hydrogen-bond donors (Lipinski definition) is 0. The van der Waals surface area contributed by atoms with Gasteiger partial charge in [-0.15, -0.1) is 11.5 Å². The van der Waals surface area contributed by atoms with Crippen LogP contribution < -0.4 is 10.2 Å². The Bertz CT molecular complexity index is 572. The molecule has 0 bridgehead atoms. The van der Waals surface area contributed by atoms with Gasteiger partial charge in [0.15, 0.2) is 0 Å². The molecule has 2 aromatic carbocycles. The normalized spacial score (nSPS) is 10.2. The molecule has 5 heteroatoms. The predicted molar refractivity (Wildman–Crippen MR) is 88.0 cm³/mol. The maximum atomic E-state index is 11.0. The molecule has 2 aromatic rings. The third-order valence-corrected chi connectivity index (χ3v) is 2.66. The van der Waals surface area contributed by atoms with Crippen LogP contribution in [0.15, 0.2) is 58.5 Å². The summed E-state index contributed by atoms with van der Waals surface area (Å²) in [6.45, 7) is 5.30. The zero-order valence-electron chi connectivity index (χ0n) is 13.2. The molecule has 0 N–H and O–H groups in total. The summed E-state index contributed by atoms with van der Waals surface area (Å²) in [5.74, 6) is 0.0643. The zero-order valence-corrected chi connectivity index (χ0v) is 14.1. The number of rotatable bonds is 4. The Morgan fingerprint density at radius 3 is 1.39 bits per heavy atom. The summed E-state index contributed by atoms with van der Waals surface area (Å²) in [7, 11) is 0. The number of benzene rings is 2. The number of hydrogen-bond acceptors (Lipinski definition) is 4. The Kier molecular flexibility index (Phi) is 11.3. The molecule has 4 nitrogen and oxygen atoms in total. The van der Waals surface area contributed by atoms with Crippen LogP contribution in [0, 0.1) is 0 Å². The maximum absolute atomic E-state index is 11.0. The summed E-state index contributed by atoms with van der Waals surface area (Å²) in [6.07, 6.45) is 3.23. The minimum Gasteiger partial charge on any atom is -0.872 e. The minimum atomic E-state index is 0. The summed E-state index contributed by atoms with van der Waals surface area (Å²) in [4.78, 5) is 7.96. The van der Waals surface area contributed by atoms with Crippen LogP contribution in [0.3, 0.4) is 0 Å². The van der Waals surface area contributed by atoms with Gasteiger partial charge in [0.05, 0.1) is 0 Å². The van der Waals surface area contributed by atoms with E-state index in [-0.39, 0.29) is 28.6 Å². The topological polar surface area (TPSA) is 70.8 Å². The van der Waals surface area contributed by atoms with Gasteiger partial charge in [-0.25, -0.2) is 0 Å². The van der Waals surface area contributed by atoms with Gasteiger partial charge < -0.3 is 10.2 Å². The first-order valence-corrected chi connectivity index (χ1v) is 7.20. The number of nitrogens with zero attached hydrogens (tertiary/aromatic N) is 2. The van der Waals surface area contributed by atoms with Crippen molar-refractivity contribution in [1.82, 2.24) is 0 Å². The van der Waals surface area contributed by atoms with Crippen molar-refractivity contribution in [1.29, 1.82) is 0 Å². The molecular weight excluding hydrogens is 340 g/mol. The molecule has 0 fully saturated rings. The molecule has 0 spiro atoms. The van der Waals surface area contributed by atoms with Crippen molar-refractivity contribution in [3.05, 3.63) is 59.7 Å². The second-order valence-electron chi connectivity index (χ2n) is 4.33.